The minimum Gasteiger partial charge on any atom is -0.383 e. The lowest BCUT2D eigenvalue weighted by atomic mass is 10.0. The van der Waals surface area contributed by atoms with Gasteiger partial charge in [0.15, 0.2) is 0 Å². The van der Waals surface area contributed by atoms with Crippen LogP contribution in [0.1, 0.15) is 30.9 Å². The third-order valence-corrected chi connectivity index (χ3v) is 3.55. The molecule has 0 amide bonds. The fraction of sp³-hybridized carbons (Fsp3) is 0.412. The van der Waals surface area contributed by atoms with Crippen LogP contribution in [-0.4, -0.2) is 30.5 Å². The number of benzene rings is 1. The van der Waals surface area contributed by atoms with E-state index >= 15 is 0 Å². The Bertz CT molecular complexity index is 648. The quantitative estimate of drug-likeness (QED) is 0.770. The molecule has 2 rings (SSSR count). The lowest BCUT2D eigenvalue weighted by Crippen LogP contribution is -2.24. The Balaban J connectivity index is 2.16. The molecule has 0 radical (unpaired) electrons. The number of nitrogens with zero attached hydrogens (tertiary/aromatic N) is 1. The number of hydrogen-bond acceptors (Lipinski definition) is 4. The summed E-state index contributed by atoms with van der Waals surface area (Å²) in [6.07, 6.45) is 0. The molecular formula is C17H23N3O2. The number of rotatable bonds is 7. The molecule has 2 aromatic rings. The van der Waals surface area contributed by atoms with Gasteiger partial charge in [-0.1, -0.05) is 38.1 Å². The summed E-state index contributed by atoms with van der Waals surface area (Å²) in [6.45, 7) is 6.15. The molecule has 0 fully saturated rings. The summed E-state index contributed by atoms with van der Waals surface area (Å²) < 4.78 is 4.97. The highest BCUT2D eigenvalue weighted by Gasteiger charge is 2.06. The van der Waals surface area contributed by atoms with Crippen molar-refractivity contribution < 1.29 is 4.74 Å². The Kier molecular flexibility index (Phi) is 5.86. The normalized spacial score (nSPS) is 11.1. The van der Waals surface area contributed by atoms with E-state index in [0.29, 0.717) is 31.2 Å². The second-order valence-corrected chi connectivity index (χ2v) is 5.55. The summed E-state index contributed by atoms with van der Waals surface area (Å²) in [4.78, 5) is 11.8. The summed E-state index contributed by atoms with van der Waals surface area (Å²) in [5, 5.41) is 9.88. The van der Waals surface area contributed by atoms with Gasteiger partial charge in [0.2, 0.25) is 0 Å². The summed E-state index contributed by atoms with van der Waals surface area (Å²) >= 11 is 0. The van der Waals surface area contributed by atoms with Crippen molar-refractivity contribution in [3.63, 3.8) is 0 Å². The Morgan fingerprint density at radius 3 is 2.64 bits per heavy atom. The van der Waals surface area contributed by atoms with Gasteiger partial charge >= 0.3 is 0 Å². The fourth-order valence-corrected chi connectivity index (χ4v) is 2.16. The summed E-state index contributed by atoms with van der Waals surface area (Å²) in [5.41, 5.74) is 3.58. The van der Waals surface area contributed by atoms with Crippen LogP contribution in [-0.2, 0) is 11.3 Å². The van der Waals surface area contributed by atoms with Gasteiger partial charge in [0.1, 0.15) is 0 Å². The van der Waals surface area contributed by atoms with Crippen LogP contribution in [0.3, 0.4) is 0 Å². The molecule has 22 heavy (non-hydrogen) atoms. The number of methoxy groups -OCH3 is 1. The van der Waals surface area contributed by atoms with Crippen molar-refractivity contribution in [1.82, 2.24) is 15.5 Å². The first-order valence-corrected chi connectivity index (χ1v) is 7.50. The molecule has 1 aromatic carbocycles. The van der Waals surface area contributed by atoms with E-state index in [1.165, 1.54) is 5.56 Å². The maximum atomic E-state index is 11.8. The molecule has 0 unspecified atom stereocenters. The minimum absolute atomic E-state index is 0.160. The molecule has 0 bridgehead atoms. The van der Waals surface area contributed by atoms with Gasteiger partial charge in [-0.15, -0.1) is 0 Å². The van der Waals surface area contributed by atoms with Crippen LogP contribution in [0, 0.1) is 0 Å². The highest BCUT2D eigenvalue weighted by atomic mass is 16.5. The van der Waals surface area contributed by atoms with Gasteiger partial charge in [-0.25, -0.2) is 5.10 Å². The zero-order valence-electron chi connectivity index (χ0n) is 13.3. The average Bonchev–Trinajstić information content (AvgIpc) is 2.53. The summed E-state index contributed by atoms with van der Waals surface area (Å²) in [7, 11) is 1.65. The topological polar surface area (TPSA) is 67.0 Å². The van der Waals surface area contributed by atoms with E-state index in [2.05, 4.69) is 41.5 Å². The molecule has 5 heteroatoms. The van der Waals surface area contributed by atoms with Crippen LogP contribution in [0.15, 0.2) is 35.1 Å². The first-order chi connectivity index (χ1) is 10.6. The van der Waals surface area contributed by atoms with E-state index in [1.54, 1.807) is 7.11 Å². The van der Waals surface area contributed by atoms with E-state index in [9.17, 15) is 4.79 Å². The molecule has 2 N–H and O–H groups in total. The zero-order valence-corrected chi connectivity index (χ0v) is 13.3. The number of hydrogen-bond donors (Lipinski definition) is 2. The van der Waals surface area contributed by atoms with Crippen molar-refractivity contribution in [1.29, 1.82) is 0 Å². The SMILES string of the molecule is COCCNCc1cc(-c2ccc(C(C)C)cc2)n[nH]c1=O. The van der Waals surface area contributed by atoms with E-state index < -0.39 is 0 Å². The van der Waals surface area contributed by atoms with Crippen LogP contribution >= 0.6 is 0 Å². The van der Waals surface area contributed by atoms with Gasteiger partial charge in [0, 0.05) is 31.3 Å². The molecule has 0 aliphatic heterocycles. The number of H-pyrrole nitrogens is 1. The van der Waals surface area contributed by atoms with Gasteiger partial charge in [-0.3, -0.25) is 4.79 Å². The molecular weight excluding hydrogens is 278 g/mol. The van der Waals surface area contributed by atoms with Crippen molar-refractivity contribution in [2.75, 3.05) is 20.3 Å². The maximum absolute atomic E-state index is 11.8. The average molecular weight is 301 g/mol. The largest absolute Gasteiger partial charge is 0.383 e. The number of nitrogens with one attached hydrogen (secondary N) is 2. The van der Waals surface area contributed by atoms with Crippen LogP contribution in [0.4, 0.5) is 0 Å². The lowest BCUT2D eigenvalue weighted by molar-refractivity contribution is 0.199. The van der Waals surface area contributed by atoms with E-state index in [-0.39, 0.29) is 5.56 Å². The predicted molar refractivity (Wildman–Crippen MR) is 88.0 cm³/mol. The zero-order chi connectivity index (χ0) is 15.9. The van der Waals surface area contributed by atoms with Gasteiger partial charge in [0.25, 0.3) is 5.56 Å². The molecule has 0 aliphatic carbocycles. The Hall–Kier alpha value is -1.98. The van der Waals surface area contributed by atoms with Crippen LogP contribution in [0.5, 0.6) is 0 Å². The summed E-state index contributed by atoms with van der Waals surface area (Å²) in [6, 6.07) is 10.1. The fourth-order valence-electron chi connectivity index (χ4n) is 2.16. The van der Waals surface area contributed by atoms with Gasteiger partial charge in [-0.05, 0) is 17.5 Å². The highest BCUT2D eigenvalue weighted by Crippen LogP contribution is 2.20. The van der Waals surface area contributed by atoms with Crippen molar-refractivity contribution in [3.05, 3.63) is 51.8 Å². The van der Waals surface area contributed by atoms with E-state index in [4.69, 9.17) is 4.74 Å². The maximum Gasteiger partial charge on any atom is 0.268 e. The van der Waals surface area contributed by atoms with E-state index in [1.807, 2.05) is 18.2 Å². The molecule has 0 saturated heterocycles. The second kappa shape index (κ2) is 7.87. The van der Waals surface area contributed by atoms with Crippen LogP contribution in [0.2, 0.25) is 0 Å². The first-order valence-electron chi connectivity index (χ1n) is 7.50. The van der Waals surface area contributed by atoms with Gasteiger partial charge < -0.3 is 10.1 Å². The molecule has 0 spiro atoms. The molecule has 0 atom stereocenters. The smallest absolute Gasteiger partial charge is 0.268 e. The standard InChI is InChI=1S/C17H23N3O2/c1-12(2)13-4-6-14(7-5-13)16-10-15(17(21)20-19-16)11-18-8-9-22-3/h4-7,10,12,18H,8-9,11H2,1-3H3,(H,20,21). The van der Waals surface area contributed by atoms with Crippen molar-refractivity contribution in [2.45, 2.75) is 26.3 Å². The Labute approximate surface area is 130 Å². The summed E-state index contributed by atoms with van der Waals surface area (Å²) in [5.74, 6) is 0.498. The first kappa shape index (κ1) is 16.4. The van der Waals surface area contributed by atoms with Gasteiger partial charge in [-0.2, -0.15) is 5.10 Å². The van der Waals surface area contributed by atoms with Gasteiger partial charge in [0.05, 0.1) is 12.3 Å². The van der Waals surface area contributed by atoms with Crippen molar-refractivity contribution in [3.8, 4) is 11.3 Å². The van der Waals surface area contributed by atoms with Crippen molar-refractivity contribution in [2.24, 2.45) is 0 Å². The van der Waals surface area contributed by atoms with Crippen LogP contribution in [0.25, 0.3) is 11.3 Å². The predicted octanol–water partition coefficient (Wildman–Crippen LogP) is 2.30. The molecule has 1 aromatic heterocycles. The van der Waals surface area contributed by atoms with E-state index in [0.717, 1.165) is 11.3 Å². The third kappa shape index (κ3) is 4.26. The second-order valence-electron chi connectivity index (χ2n) is 5.55. The molecule has 0 aliphatic rings. The lowest BCUT2D eigenvalue weighted by Gasteiger charge is -2.08. The number of aromatic amines is 1. The highest BCUT2D eigenvalue weighted by molar-refractivity contribution is 5.59. The Morgan fingerprint density at radius 1 is 1.27 bits per heavy atom. The van der Waals surface area contributed by atoms with Crippen molar-refractivity contribution >= 4 is 0 Å². The van der Waals surface area contributed by atoms with Crippen LogP contribution < -0.4 is 10.9 Å². The molecule has 0 saturated carbocycles. The molecule has 5 nitrogen and oxygen atoms in total. The minimum atomic E-state index is -0.160. The molecule has 118 valence electrons. The number of ether oxygens (including phenoxy) is 1. The number of aromatic nitrogens is 2. The Morgan fingerprint density at radius 2 is 2.00 bits per heavy atom. The molecule has 1 heterocycles. The third-order valence-electron chi connectivity index (χ3n) is 3.55. The monoisotopic (exact) mass is 301 g/mol.